The summed E-state index contributed by atoms with van der Waals surface area (Å²) in [6.45, 7) is 3.22. The fourth-order valence-electron chi connectivity index (χ4n) is 1.91. The molecule has 0 aliphatic carbocycles. The molecule has 0 aromatic rings. The van der Waals surface area contributed by atoms with Gasteiger partial charge in [-0.05, 0) is 39.7 Å². The van der Waals surface area contributed by atoms with Crippen LogP contribution >= 0.6 is 12.6 Å². The molecular formula is C15H29N5O5S. The summed E-state index contributed by atoms with van der Waals surface area (Å²) in [6, 6.07) is -3.83. The Bertz CT molecular complexity index is 503. The van der Waals surface area contributed by atoms with Crippen LogP contribution in [-0.4, -0.2) is 65.3 Å². The van der Waals surface area contributed by atoms with Gasteiger partial charge >= 0.3 is 5.97 Å². The highest BCUT2D eigenvalue weighted by Gasteiger charge is 2.27. The second-order valence-electron chi connectivity index (χ2n) is 5.95. The molecule has 0 rings (SSSR count). The first-order valence-electron chi connectivity index (χ1n) is 8.34. The van der Waals surface area contributed by atoms with Crippen LogP contribution in [-0.2, 0) is 19.2 Å². The van der Waals surface area contributed by atoms with Crippen LogP contribution in [0.3, 0.4) is 0 Å². The number of unbranched alkanes of at least 4 members (excludes halogenated alkanes) is 1. The Hall–Kier alpha value is -1.85. The zero-order chi connectivity index (χ0) is 20.3. The highest BCUT2D eigenvalue weighted by molar-refractivity contribution is 7.80. The van der Waals surface area contributed by atoms with Gasteiger partial charge in [-0.1, -0.05) is 0 Å². The SMILES string of the molecule is CC(N)C(=O)NC(CS)C(=O)NC(CCCCN)C(=O)NC(C)C(=O)O. The van der Waals surface area contributed by atoms with Crippen molar-refractivity contribution in [1.29, 1.82) is 0 Å². The van der Waals surface area contributed by atoms with E-state index in [0.717, 1.165) is 0 Å². The van der Waals surface area contributed by atoms with Gasteiger partial charge in [0.2, 0.25) is 17.7 Å². The molecule has 0 saturated carbocycles. The average molecular weight is 391 g/mol. The van der Waals surface area contributed by atoms with Crippen molar-refractivity contribution in [2.75, 3.05) is 12.3 Å². The number of carbonyl (C=O) groups is 4. The molecule has 0 fully saturated rings. The molecule has 11 heteroatoms. The highest BCUT2D eigenvalue weighted by atomic mass is 32.1. The standard InChI is InChI=1S/C15H29N5O5S/c1-8(17)12(21)20-11(7-26)14(23)19-10(5-3-4-6-16)13(22)18-9(2)15(24)25/h8-11,26H,3-7,16-17H2,1-2H3,(H,18,22)(H,19,23)(H,20,21)(H,24,25). The normalized spacial score (nSPS) is 15.3. The number of carbonyl (C=O) groups excluding carboxylic acids is 3. The minimum Gasteiger partial charge on any atom is -0.480 e. The average Bonchev–Trinajstić information content (AvgIpc) is 2.57. The largest absolute Gasteiger partial charge is 0.480 e. The summed E-state index contributed by atoms with van der Waals surface area (Å²) in [7, 11) is 0. The summed E-state index contributed by atoms with van der Waals surface area (Å²) < 4.78 is 0. The molecule has 0 radical (unpaired) electrons. The summed E-state index contributed by atoms with van der Waals surface area (Å²) in [5.74, 6) is -2.94. The molecule has 0 spiro atoms. The van der Waals surface area contributed by atoms with Crippen LogP contribution < -0.4 is 27.4 Å². The van der Waals surface area contributed by atoms with Crippen LogP contribution in [0.1, 0.15) is 33.1 Å². The quantitative estimate of drug-likeness (QED) is 0.148. The van der Waals surface area contributed by atoms with Crippen LogP contribution in [0.25, 0.3) is 0 Å². The summed E-state index contributed by atoms with van der Waals surface area (Å²) in [6.07, 6.45) is 1.49. The molecule has 0 saturated heterocycles. The molecule has 8 N–H and O–H groups in total. The minimum absolute atomic E-state index is 0.00691. The molecule has 10 nitrogen and oxygen atoms in total. The summed E-state index contributed by atoms with van der Waals surface area (Å²) >= 11 is 4.03. The lowest BCUT2D eigenvalue weighted by Gasteiger charge is -2.23. The van der Waals surface area contributed by atoms with E-state index in [1.54, 1.807) is 0 Å². The number of carboxylic acid groups (broad SMARTS) is 1. The third-order valence-electron chi connectivity index (χ3n) is 3.54. The minimum atomic E-state index is -1.19. The van der Waals surface area contributed by atoms with Gasteiger partial charge in [0.25, 0.3) is 0 Å². The third-order valence-corrected chi connectivity index (χ3v) is 3.90. The number of rotatable bonds is 12. The van der Waals surface area contributed by atoms with E-state index < -0.39 is 47.9 Å². The number of amides is 3. The maximum absolute atomic E-state index is 12.4. The van der Waals surface area contributed by atoms with Crippen molar-refractivity contribution in [1.82, 2.24) is 16.0 Å². The van der Waals surface area contributed by atoms with Gasteiger partial charge in [-0.25, -0.2) is 0 Å². The number of thiol groups is 1. The number of carboxylic acids is 1. The second-order valence-corrected chi connectivity index (χ2v) is 6.31. The van der Waals surface area contributed by atoms with Crippen molar-refractivity contribution < 1.29 is 24.3 Å². The van der Waals surface area contributed by atoms with Crippen molar-refractivity contribution in [3.63, 3.8) is 0 Å². The fraction of sp³-hybridized carbons (Fsp3) is 0.733. The Morgan fingerprint density at radius 3 is 1.96 bits per heavy atom. The first kappa shape index (κ1) is 24.1. The molecule has 0 aliphatic heterocycles. The molecular weight excluding hydrogens is 362 g/mol. The maximum atomic E-state index is 12.4. The van der Waals surface area contributed by atoms with E-state index in [-0.39, 0.29) is 12.2 Å². The molecule has 0 aromatic heterocycles. The van der Waals surface area contributed by atoms with Gasteiger partial charge in [-0.15, -0.1) is 0 Å². The monoisotopic (exact) mass is 391 g/mol. The van der Waals surface area contributed by atoms with Crippen LogP contribution in [0.2, 0.25) is 0 Å². The van der Waals surface area contributed by atoms with Gasteiger partial charge in [-0.3, -0.25) is 19.2 Å². The Morgan fingerprint density at radius 2 is 1.50 bits per heavy atom. The molecule has 0 aromatic carbocycles. The Balaban J connectivity index is 5.00. The van der Waals surface area contributed by atoms with Gasteiger partial charge in [0.1, 0.15) is 18.1 Å². The summed E-state index contributed by atoms with van der Waals surface area (Å²) in [4.78, 5) is 47.2. The Labute approximate surface area is 158 Å². The van der Waals surface area contributed by atoms with Crippen LogP contribution in [0, 0.1) is 0 Å². The first-order chi connectivity index (χ1) is 12.1. The highest BCUT2D eigenvalue weighted by Crippen LogP contribution is 2.03. The van der Waals surface area contributed by atoms with Crippen molar-refractivity contribution in [2.24, 2.45) is 11.5 Å². The zero-order valence-corrected chi connectivity index (χ0v) is 15.9. The van der Waals surface area contributed by atoms with Crippen LogP contribution in [0.4, 0.5) is 0 Å². The number of nitrogens with one attached hydrogen (secondary N) is 3. The molecule has 150 valence electrons. The van der Waals surface area contributed by atoms with Gasteiger partial charge in [-0.2, -0.15) is 12.6 Å². The summed E-state index contributed by atoms with van der Waals surface area (Å²) in [5.41, 5.74) is 10.9. The topological polar surface area (TPSA) is 177 Å². The second kappa shape index (κ2) is 12.5. The lowest BCUT2D eigenvalue weighted by Crippen LogP contribution is -2.57. The third kappa shape index (κ3) is 9.02. The number of hydrogen-bond donors (Lipinski definition) is 7. The Morgan fingerprint density at radius 1 is 0.962 bits per heavy atom. The van der Waals surface area contributed by atoms with E-state index >= 15 is 0 Å². The van der Waals surface area contributed by atoms with E-state index in [0.29, 0.717) is 19.4 Å². The number of nitrogens with two attached hydrogens (primary N) is 2. The van der Waals surface area contributed by atoms with E-state index in [1.807, 2.05) is 0 Å². The van der Waals surface area contributed by atoms with Crippen molar-refractivity contribution >= 4 is 36.3 Å². The molecule has 26 heavy (non-hydrogen) atoms. The Kier molecular flexibility index (Phi) is 11.6. The maximum Gasteiger partial charge on any atom is 0.325 e. The van der Waals surface area contributed by atoms with Gasteiger partial charge in [0, 0.05) is 5.75 Å². The fourth-order valence-corrected chi connectivity index (χ4v) is 2.16. The summed E-state index contributed by atoms with van der Waals surface area (Å²) in [5, 5.41) is 16.2. The molecule has 4 unspecified atom stereocenters. The van der Waals surface area contributed by atoms with Crippen molar-refractivity contribution in [2.45, 2.75) is 57.3 Å². The zero-order valence-electron chi connectivity index (χ0n) is 15.0. The molecule has 3 amide bonds. The molecule has 0 bridgehead atoms. The molecule has 0 heterocycles. The molecule has 0 aliphatic rings. The van der Waals surface area contributed by atoms with E-state index in [1.165, 1.54) is 13.8 Å². The van der Waals surface area contributed by atoms with Gasteiger partial charge in [0.05, 0.1) is 6.04 Å². The van der Waals surface area contributed by atoms with Crippen LogP contribution in [0.15, 0.2) is 0 Å². The predicted octanol–water partition coefficient (Wildman–Crippen LogP) is -2.05. The number of aliphatic carboxylic acids is 1. The van der Waals surface area contributed by atoms with E-state index in [4.69, 9.17) is 16.6 Å². The lowest BCUT2D eigenvalue weighted by molar-refractivity contribution is -0.141. The van der Waals surface area contributed by atoms with Gasteiger partial charge in [0.15, 0.2) is 0 Å². The van der Waals surface area contributed by atoms with E-state index in [2.05, 4.69) is 28.6 Å². The predicted molar refractivity (Wildman–Crippen MR) is 99.5 cm³/mol. The van der Waals surface area contributed by atoms with E-state index in [9.17, 15) is 19.2 Å². The van der Waals surface area contributed by atoms with Gasteiger partial charge < -0.3 is 32.5 Å². The lowest BCUT2D eigenvalue weighted by atomic mass is 10.1. The smallest absolute Gasteiger partial charge is 0.325 e. The molecule has 4 atom stereocenters. The number of hydrogen-bond acceptors (Lipinski definition) is 7. The van der Waals surface area contributed by atoms with Crippen molar-refractivity contribution in [3.8, 4) is 0 Å². The first-order valence-corrected chi connectivity index (χ1v) is 8.97. The van der Waals surface area contributed by atoms with Crippen molar-refractivity contribution in [3.05, 3.63) is 0 Å². The van der Waals surface area contributed by atoms with Crippen LogP contribution in [0.5, 0.6) is 0 Å².